The van der Waals surface area contributed by atoms with E-state index in [9.17, 15) is 13.6 Å². The molecule has 0 bridgehead atoms. The highest BCUT2D eigenvalue weighted by molar-refractivity contribution is 7.80. The van der Waals surface area contributed by atoms with Crippen molar-refractivity contribution in [3.8, 4) is 0 Å². The molecule has 7 heteroatoms. The first-order chi connectivity index (χ1) is 9.99. The van der Waals surface area contributed by atoms with Gasteiger partial charge in [-0.2, -0.15) is 0 Å². The van der Waals surface area contributed by atoms with Gasteiger partial charge in [-0.1, -0.05) is 13.0 Å². The van der Waals surface area contributed by atoms with Gasteiger partial charge in [-0.05, 0) is 30.8 Å². The van der Waals surface area contributed by atoms with Crippen LogP contribution in [0, 0.1) is 11.6 Å². The fraction of sp³-hybridized carbons (Fsp3) is 0.286. The first kappa shape index (κ1) is 15.4. The lowest BCUT2D eigenvalue weighted by atomic mass is 9.93. The number of benzene rings is 1. The molecule has 1 atom stereocenters. The van der Waals surface area contributed by atoms with E-state index in [4.69, 9.17) is 17.0 Å². The minimum absolute atomic E-state index is 0.123. The first-order valence-corrected chi connectivity index (χ1v) is 6.73. The van der Waals surface area contributed by atoms with E-state index in [1.165, 1.54) is 13.2 Å². The molecule has 1 aliphatic rings. The van der Waals surface area contributed by atoms with E-state index >= 15 is 0 Å². The van der Waals surface area contributed by atoms with Gasteiger partial charge in [-0.25, -0.2) is 13.6 Å². The van der Waals surface area contributed by atoms with Crippen LogP contribution in [0.1, 0.15) is 24.9 Å². The van der Waals surface area contributed by atoms with Crippen molar-refractivity contribution in [3.05, 3.63) is 46.7 Å². The number of esters is 1. The van der Waals surface area contributed by atoms with E-state index in [0.29, 0.717) is 12.1 Å². The van der Waals surface area contributed by atoms with Crippen molar-refractivity contribution in [2.24, 2.45) is 0 Å². The highest BCUT2D eigenvalue weighted by atomic mass is 32.1. The molecule has 0 aliphatic carbocycles. The van der Waals surface area contributed by atoms with Gasteiger partial charge < -0.3 is 15.4 Å². The van der Waals surface area contributed by atoms with Crippen molar-refractivity contribution in [1.82, 2.24) is 10.6 Å². The molecule has 0 fully saturated rings. The van der Waals surface area contributed by atoms with Crippen molar-refractivity contribution in [1.29, 1.82) is 0 Å². The Labute approximate surface area is 126 Å². The summed E-state index contributed by atoms with van der Waals surface area (Å²) in [6.07, 6.45) is 0.443. The second-order valence-corrected chi connectivity index (χ2v) is 4.81. The Hall–Kier alpha value is -2.02. The fourth-order valence-corrected chi connectivity index (χ4v) is 2.49. The molecule has 4 nitrogen and oxygen atoms in total. The molecule has 0 aromatic heterocycles. The Morgan fingerprint density at radius 2 is 2.00 bits per heavy atom. The van der Waals surface area contributed by atoms with Crippen LogP contribution in [0.5, 0.6) is 0 Å². The molecule has 0 amide bonds. The zero-order chi connectivity index (χ0) is 15.6. The maximum atomic E-state index is 14.0. The van der Waals surface area contributed by atoms with Gasteiger partial charge in [0, 0.05) is 5.70 Å². The monoisotopic (exact) mass is 312 g/mol. The quantitative estimate of drug-likeness (QED) is 0.663. The predicted molar refractivity (Wildman–Crippen MR) is 77.3 cm³/mol. The fourth-order valence-electron chi connectivity index (χ4n) is 2.25. The highest BCUT2D eigenvalue weighted by Crippen LogP contribution is 2.31. The topological polar surface area (TPSA) is 50.4 Å². The maximum absolute atomic E-state index is 14.0. The molecule has 1 heterocycles. The second kappa shape index (κ2) is 6.17. The third-order valence-electron chi connectivity index (χ3n) is 3.20. The Bertz CT molecular complexity index is 611. The highest BCUT2D eigenvalue weighted by Gasteiger charge is 2.34. The molecule has 0 unspecified atom stereocenters. The molecule has 2 rings (SSSR count). The number of hydrogen-bond donors (Lipinski definition) is 2. The van der Waals surface area contributed by atoms with E-state index in [2.05, 4.69) is 10.6 Å². The molecule has 1 aliphatic heterocycles. The molecular weight excluding hydrogens is 298 g/mol. The van der Waals surface area contributed by atoms with Crippen LogP contribution in [0.15, 0.2) is 29.5 Å². The largest absolute Gasteiger partial charge is 0.466 e. The van der Waals surface area contributed by atoms with Gasteiger partial charge in [-0.3, -0.25) is 0 Å². The third-order valence-corrected chi connectivity index (χ3v) is 3.42. The number of halogens is 2. The summed E-state index contributed by atoms with van der Waals surface area (Å²) in [6, 6.07) is 2.50. The number of allylic oxidation sites excluding steroid dienone is 1. The van der Waals surface area contributed by atoms with E-state index in [1.54, 1.807) is 6.92 Å². The predicted octanol–water partition coefficient (Wildman–Crippen LogP) is 2.32. The molecule has 0 spiro atoms. The van der Waals surface area contributed by atoms with Crippen molar-refractivity contribution in [2.75, 3.05) is 7.11 Å². The molecule has 21 heavy (non-hydrogen) atoms. The summed E-state index contributed by atoms with van der Waals surface area (Å²) in [5.41, 5.74) is 0.351. The van der Waals surface area contributed by atoms with Crippen LogP contribution in [-0.2, 0) is 9.53 Å². The number of nitrogens with one attached hydrogen (secondary N) is 2. The zero-order valence-electron chi connectivity index (χ0n) is 11.5. The van der Waals surface area contributed by atoms with Gasteiger partial charge >= 0.3 is 5.97 Å². The summed E-state index contributed by atoms with van der Waals surface area (Å²) in [5.74, 6) is -2.18. The number of carbonyl (C=O) groups is 1. The van der Waals surface area contributed by atoms with Crippen molar-refractivity contribution >= 4 is 23.3 Å². The van der Waals surface area contributed by atoms with E-state index < -0.39 is 23.6 Å². The van der Waals surface area contributed by atoms with Crippen molar-refractivity contribution in [3.63, 3.8) is 0 Å². The molecule has 0 saturated carbocycles. The lowest BCUT2D eigenvalue weighted by molar-refractivity contribution is -0.136. The summed E-state index contributed by atoms with van der Waals surface area (Å²) in [6.45, 7) is 1.80. The zero-order valence-corrected chi connectivity index (χ0v) is 12.3. The Kier molecular flexibility index (Phi) is 4.52. The Morgan fingerprint density at radius 1 is 1.38 bits per heavy atom. The standard InChI is InChI=1S/C14H14F2N2O2S/c1-3-9-11(13(19)20-2)12(18-14(21)17-9)10-7(15)5-4-6-8(10)16/h4-6,12H,3H2,1-2H3,(H2,17,18,21)/t12-/m1/s1. The second-order valence-electron chi connectivity index (χ2n) is 4.40. The van der Waals surface area contributed by atoms with Crippen LogP contribution >= 0.6 is 12.2 Å². The van der Waals surface area contributed by atoms with Crippen LogP contribution in [0.2, 0.25) is 0 Å². The molecule has 2 N–H and O–H groups in total. The van der Waals surface area contributed by atoms with E-state index in [0.717, 1.165) is 12.1 Å². The normalized spacial score (nSPS) is 18.1. The average Bonchev–Trinajstić information content (AvgIpc) is 2.45. The number of rotatable bonds is 3. The lowest BCUT2D eigenvalue weighted by Gasteiger charge is -2.30. The third kappa shape index (κ3) is 2.87. The van der Waals surface area contributed by atoms with Gasteiger partial charge in [0.05, 0.1) is 24.3 Å². The molecule has 1 aromatic carbocycles. The summed E-state index contributed by atoms with van der Waals surface area (Å²) in [7, 11) is 1.21. The van der Waals surface area contributed by atoms with Crippen LogP contribution in [0.25, 0.3) is 0 Å². The van der Waals surface area contributed by atoms with E-state index in [-0.39, 0.29) is 16.2 Å². The minimum atomic E-state index is -1.03. The molecule has 0 saturated heterocycles. The van der Waals surface area contributed by atoms with Crippen LogP contribution < -0.4 is 10.6 Å². The van der Waals surface area contributed by atoms with Gasteiger partial charge in [0.2, 0.25) is 0 Å². The summed E-state index contributed by atoms with van der Waals surface area (Å²) in [5, 5.41) is 5.75. The summed E-state index contributed by atoms with van der Waals surface area (Å²) < 4.78 is 32.8. The lowest BCUT2D eigenvalue weighted by Crippen LogP contribution is -2.46. The van der Waals surface area contributed by atoms with Crippen molar-refractivity contribution < 1.29 is 18.3 Å². The first-order valence-electron chi connectivity index (χ1n) is 6.32. The number of carbonyl (C=O) groups excluding carboxylic acids is 1. The molecule has 0 radical (unpaired) electrons. The maximum Gasteiger partial charge on any atom is 0.337 e. The smallest absolute Gasteiger partial charge is 0.337 e. The number of ether oxygens (including phenoxy) is 1. The van der Waals surface area contributed by atoms with Crippen LogP contribution in [-0.4, -0.2) is 18.2 Å². The SMILES string of the molecule is CCC1=C(C(=O)OC)[C@@H](c2c(F)cccc2F)NC(=S)N1. The summed E-state index contributed by atoms with van der Waals surface area (Å²) >= 11 is 5.04. The van der Waals surface area contributed by atoms with Gasteiger partial charge in [0.25, 0.3) is 0 Å². The van der Waals surface area contributed by atoms with Gasteiger partial charge in [0.1, 0.15) is 11.6 Å². The Balaban J connectivity index is 2.63. The van der Waals surface area contributed by atoms with Crippen molar-refractivity contribution in [2.45, 2.75) is 19.4 Å². The van der Waals surface area contributed by atoms with Gasteiger partial charge in [-0.15, -0.1) is 0 Å². The van der Waals surface area contributed by atoms with Crippen LogP contribution in [0.3, 0.4) is 0 Å². The molecular formula is C14H14F2N2O2S. The van der Waals surface area contributed by atoms with Crippen LogP contribution in [0.4, 0.5) is 8.78 Å². The molecule has 1 aromatic rings. The van der Waals surface area contributed by atoms with E-state index in [1.807, 2.05) is 0 Å². The number of methoxy groups -OCH3 is 1. The van der Waals surface area contributed by atoms with Gasteiger partial charge in [0.15, 0.2) is 5.11 Å². The average molecular weight is 312 g/mol. The summed E-state index contributed by atoms with van der Waals surface area (Å²) in [4.78, 5) is 12.0. The number of thiocarbonyl (C=S) groups is 1. The molecule has 112 valence electrons. The minimum Gasteiger partial charge on any atom is -0.466 e. The number of hydrogen-bond acceptors (Lipinski definition) is 3. The Morgan fingerprint density at radius 3 is 2.52 bits per heavy atom.